The summed E-state index contributed by atoms with van der Waals surface area (Å²) in [6.07, 6.45) is 3.28. The molecule has 7 heteroatoms. The SMILES string of the molecule is CS(C)=O.O=[N+]([O-])O.[Pt]. The van der Waals surface area contributed by atoms with E-state index in [1.165, 1.54) is 0 Å². The van der Waals surface area contributed by atoms with Crippen molar-refractivity contribution >= 4 is 10.8 Å². The van der Waals surface area contributed by atoms with Gasteiger partial charge in [0.2, 0.25) is 0 Å². The van der Waals surface area contributed by atoms with Crippen molar-refractivity contribution in [1.82, 2.24) is 0 Å². The number of hydrogen-bond donors (Lipinski definition) is 1. The molecular weight excluding hydrogens is 329 g/mol. The van der Waals surface area contributed by atoms with E-state index < -0.39 is 15.9 Å². The van der Waals surface area contributed by atoms with E-state index in [4.69, 9.17) is 15.3 Å². The number of hydrogen-bond acceptors (Lipinski definition) is 3. The van der Waals surface area contributed by atoms with Crippen LogP contribution in [0.15, 0.2) is 0 Å². The second-order valence-corrected chi connectivity index (χ2v) is 2.46. The monoisotopic (exact) mass is 336 g/mol. The van der Waals surface area contributed by atoms with Gasteiger partial charge in [0.1, 0.15) is 0 Å². The summed E-state index contributed by atoms with van der Waals surface area (Å²) in [7, 11) is -0.611. The van der Waals surface area contributed by atoms with Crippen molar-refractivity contribution < 1.29 is 35.6 Å². The van der Waals surface area contributed by atoms with E-state index in [0.717, 1.165) is 0 Å². The molecule has 0 aromatic carbocycles. The first kappa shape index (κ1) is 16.0. The maximum absolute atomic E-state index is 9.56. The fourth-order valence-electron chi connectivity index (χ4n) is 0. The maximum atomic E-state index is 9.56. The van der Waals surface area contributed by atoms with Crippen molar-refractivity contribution in [1.29, 1.82) is 0 Å². The van der Waals surface area contributed by atoms with Gasteiger partial charge in [-0.15, -0.1) is 10.1 Å². The van der Waals surface area contributed by atoms with Crippen LogP contribution in [0, 0.1) is 10.1 Å². The van der Waals surface area contributed by atoms with E-state index in [9.17, 15) is 4.21 Å². The molecule has 0 aliphatic heterocycles. The second kappa shape index (κ2) is 10.9. The summed E-state index contributed by atoms with van der Waals surface area (Å²) < 4.78 is 9.56. The van der Waals surface area contributed by atoms with Gasteiger partial charge in [-0.25, -0.2) is 0 Å². The standard InChI is InChI=1S/C2H6OS.HNO3.Pt/c1-4(2)3;2-1(3)4;/h1-2H3;(H,2,3,4);. The van der Waals surface area contributed by atoms with Crippen LogP contribution in [0.25, 0.3) is 0 Å². The molecule has 0 fully saturated rings. The zero-order chi connectivity index (χ0) is 7.15. The van der Waals surface area contributed by atoms with Crippen LogP contribution in [0.5, 0.6) is 0 Å². The van der Waals surface area contributed by atoms with Crippen LogP contribution in [0.1, 0.15) is 0 Å². The van der Waals surface area contributed by atoms with Crippen LogP contribution in [-0.4, -0.2) is 27.0 Å². The predicted octanol–water partition coefficient (Wildman–Crippen LogP) is -0.355. The van der Waals surface area contributed by atoms with E-state index in [0.29, 0.717) is 0 Å². The van der Waals surface area contributed by atoms with Crippen LogP contribution in [0.4, 0.5) is 0 Å². The summed E-state index contributed by atoms with van der Waals surface area (Å²) in [5, 5.41) is 13.6. The summed E-state index contributed by atoms with van der Waals surface area (Å²) in [6.45, 7) is 0. The van der Waals surface area contributed by atoms with Crippen LogP contribution in [-0.2, 0) is 31.9 Å². The molecule has 9 heavy (non-hydrogen) atoms. The van der Waals surface area contributed by atoms with Crippen molar-refractivity contribution in [3.63, 3.8) is 0 Å². The minimum atomic E-state index is -1.50. The summed E-state index contributed by atoms with van der Waals surface area (Å²) in [5.74, 6) is 0. The average molecular weight is 336 g/mol. The van der Waals surface area contributed by atoms with Crippen molar-refractivity contribution in [3.8, 4) is 0 Å². The Labute approximate surface area is 69.3 Å². The molecule has 0 unspecified atom stereocenters. The number of nitrogens with zero attached hydrogens (tertiary/aromatic N) is 1. The Bertz CT molecular complexity index is 76.6. The first-order valence-electron chi connectivity index (χ1n) is 1.55. The Kier molecular flexibility index (Phi) is 19.4. The normalized spacial score (nSPS) is 6.56. The predicted molar refractivity (Wildman–Crippen MR) is 28.8 cm³/mol. The smallest absolute Gasteiger partial charge is 0.291 e. The zero-order valence-corrected chi connectivity index (χ0v) is 7.93. The Morgan fingerprint density at radius 1 is 1.56 bits per heavy atom. The molecule has 0 saturated carbocycles. The Balaban J connectivity index is -0.0000000720. The molecule has 0 bridgehead atoms. The van der Waals surface area contributed by atoms with E-state index in [1.807, 2.05) is 0 Å². The first-order valence-corrected chi connectivity index (χ1v) is 3.51. The Morgan fingerprint density at radius 2 is 1.56 bits per heavy atom. The zero-order valence-electron chi connectivity index (χ0n) is 4.84. The van der Waals surface area contributed by atoms with Gasteiger partial charge in [0, 0.05) is 44.4 Å². The van der Waals surface area contributed by atoms with Crippen LogP contribution >= 0.6 is 0 Å². The fraction of sp³-hybridized carbons (Fsp3) is 1.00. The molecule has 0 radical (unpaired) electrons. The minimum Gasteiger partial charge on any atom is -0.328 e. The van der Waals surface area contributed by atoms with E-state index >= 15 is 0 Å². The Hall–Kier alpha value is 0.0383. The fourth-order valence-corrected chi connectivity index (χ4v) is 0. The quantitative estimate of drug-likeness (QED) is 0.484. The molecule has 0 heterocycles. The van der Waals surface area contributed by atoms with Gasteiger partial charge in [-0.2, -0.15) is 0 Å². The van der Waals surface area contributed by atoms with Crippen molar-refractivity contribution in [2.45, 2.75) is 0 Å². The van der Waals surface area contributed by atoms with Gasteiger partial charge in [-0.1, -0.05) is 0 Å². The number of rotatable bonds is 0. The van der Waals surface area contributed by atoms with Gasteiger partial charge in [0.25, 0.3) is 5.09 Å². The summed E-state index contributed by atoms with van der Waals surface area (Å²) in [4.78, 5) is 8.36. The molecule has 0 aliphatic carbocycles. The molecule has 0 rings (SSSR count). The third-order valence-electron chi connectivity index (χ3n) is 0. The van der Waals surface area contributed by atoms with Gasteiger partial charge in [0.15, 0.2) is 0 Å². The Morgan fingerprint density at radius 3 is 1.56 bits per heavy atom. The summed E-state index contributed by atoms with van der Waals surface area (Å²) in [5.41, 5.74) is 0. The molecular formula is C2H7NO4PtS. The van der Waals surface area contributed by atoms with Crippen molar-refractivity contribution in [2.24, 2.45) is 0 Å². The molecule has 5 nitrogen and oxygen atoms in total. The second-order valence-electron chi connectivity index (χ2n) is 0.979. The van der Waals surface area contributed by atoms with E-state index in [-0.39, 0.29) is 21.1 Å². The first-order chi connectivity index (χ1) is 3.46. The third-order valence-corrected chi connectivity index (χ3v) is 0. The summed E-state index contributed by atoms with van der Waals surface area (Å²) >= 11 is 0. The van der Waals surface area contributed by atoms with E-state index in [2.05, 4.69) is 0 Å². The molecule has 0 atom stereocenters. The molecule has 0 amide bonds. The molecule has 0 aromatic rings. The van der Waals surface area contributed by atoms with Gasteiger partial charge in [-0.05, 0) is 0 Å². The van der Waals surface area contributed by atoms with Crippen LogP contribution in [0.2, 0.25) is 0 Å². The maximum Gasteiger partial charge on any atom is 0.291 e. The van der Waals surface area contributed by atoms with Crippen LogP contribution in [0.3, 0.4) is 0 Å². The average Bonchev–Trinajstić information content (AvgIpc) is 1.25. The van der Waals surface area contributed by atoms with Crippen molar-refractivity contribution in [2.75, 3.05) is 12.5 Å². The summed E-state index contributed by atoms with van der Waals surface area (Å²) in [6, 6.07) is 0. The molecule has 0 spiro atoms. The van der Waals surface area contributed by atoms with Crippen molar-refractivity contribution in [3.05, 3.63) is 10.1 Å². The molecule has 60 valence electrons. The topological polar surface area (TPSA) is 80.4 Å². The van der Waals surface area contributed by atoms with Gasteiger partial charge in [-0.3, -0.25) is 4.21 Å². The molecule has 1 N–H and O–H groups in total. The largest absolute Gasteiger partial charge is 0.328 e. The minimum absolute atomic E-state index is 0. The molecule has 0 aromatic heterocycles. The van der Waals surface area contributed by atoms with Gasteiger partial charge in [0.05, 0.1) is 0 Å². The van der Waals surface area contributed by atoms with E-state index in [1.54, 1.807) is 12.5 Å². The molecule has 0 aliphatic rings. The van der Waals surface area contributed by atoms with Gasteiger partial charge < -0.3 is 5.21 Å². The van der Waals surface area contributed by atoms with Gasteiger partial charge >= 0.3 is 0 Å². The van der Waals surface area contributed by atoms with Crippen LogP contribution < -0.4 is 0 Å². The third kappa shape index (κ3) is 200000. The molecule has 0 saturated heterocycles.